The van der Waals surface area contributed by atoms with Gasteiger partial charge in [0.2, 0.25) is 0 Å². The number of methoxy groups -OCH3 is 1. The van der Waals surface area contributed by atoms with Crippen molar-refractivity contribution in [2.24, 2.45) is 0 Å². The molecule has 1 heterocycles. The van der Waals surface area contributed by atoms with Gasteiger partial charge in [-0.15, -0.1) is 0 Å². The molecule has 0 amide bonds. The van der Waals surface area contributed by atoms with E-state index in [1.807, 2.05) is 18.2 Å². The highest BCUT2D eigenvalue weighted by Crippen LogP contribution is 2.26. The third-order valence-electron chi connectivity index (χ3n) is 2.36. The highest BCUT2D eigenvalue weighted by Gasteiger charge is 2.10. The van der Waals surface area contributed by atoms with Gasteiger partial charge in [-0.05, 0) is 18.6 Å². The van der Waals surface area contributed by atoms with E-state index >= 15 is 0 Å². The summed E-state index contributed by atoms with van der Waals surface area (Å²) in [6.07, 6.45) is 1.01. The first-order valence-electron chi connectivity index (χ1n) is 4.92. The van der Waals surface area contributed by atoms with E-state index in [1.54, 1.807) is 7.11 Å². The topological polar surface area (TPSA) is 37.9 Å². The molecule has 15 heavy (non-hydrogen) atoms. The number of halogens is 1. The van der Waals surface area contributed by atoms with Crippen LogP contribution in [0.25, 0.3) is 11.0 Å². The Kier molecular flexibility index (Phi) is 2.95. The first-order chi connectivity index (χ1) is 7.24. The lowest BCUT2D eigenvalue weighted by Crippen LogP contribution is -1.89. The first kappa shape index (κ1) is 10.5. The van der Waals surface area contributed by atoms with Crippen LogP contribution in [0.5, 0.6) is 5.75 Å². The number of rotatable bonds is 3. The van der Waals surface area contributed by atoms with E-state index in [9.17, 15) is 0 Å². The number of nitrogens with zero attached hydrogens (tertiary/aromatic N) is 1. The van der Waals surface area contributed by atoms with Crippen molar-refractivity contribution < 1.29 is 4.74 Å². The van der Waals surface area contributed by atoms with Crippen LogP contribution in [-0.2, 0) is 0 Å². The van der Waals surface area contributed by atoms with Crippen LogP contribution in [0.4, 0.5) is 0 Å². The van der Waals surface area contributed by atoms with Gasteiger partial charge in [0, 0.05) is 6.07 Å². The molecule has 1 atom stereocenters. The summed E-state index contributed by atoms with van der Waals surface area (Å²) in [7, 11) is 1.66. The molecule has 0 bridgehead atoms. The Bertz CT molecular complexity index is 467. The molecule has 80 valence electrons. The standard InChI is InChI=1S/C11H13BrN2O/c1-3-8(12)11-13-9-5-4-7(15-2)6-10(9)14-11/h4-6,8H,3H2,1-2H3,(H,13,14). The summed E-state index contributed by atoms with van der Waals surface area (Å²) in [4.78, 5) is 8.07. The number of benzene rings is 1. The van der Waals surface area contributed by atoms with Gasteiger partial charge in [-0.25, -0.2) is 4.98 Å². The monoisotopic (exact) mass is 268 g/mol. The largest absolute Gasteiger partial charge is 0.497 e. The minimum absolute atomic E-state index is 0.288. The van der Waals surface area contributed by atoms with E-state index < -0.39 is 0 Å². The lowest BCUT2D eigenvalue weighted by molar-refractivity contribution is 0.415. The van der Waals surface area contributed by atoms with Crippen LogP contribution in [0, 0.1) is 0 Å². The summed E-state index contributed by atoms with van der Waals surface area (Å²) in [6, 6.07) is 5.84. The van der Waals surface area contributed by atoms with Crippen LogP contribution in [0.3, 0.4) is 0 Å². The van der Waals surface area contributed by atoms with Crippen LogP contribution in [0.1, 0.15) is 24.0 Å². The molecule has 0 aliphatic carbocycles. The Labute approximate surface area is 97.0 Å². The summed E-state index contributed by atoms with van der Waals surface area (Å²) < 4.78 is 5.16. The number of ether oxygens (including phenoxy) is 1. The number of aromatic nitrogens is 2. The molecular formula is C11H13BrN2O. The average molecular weight is 269 g/mol. The lowest BCUT2D eigenvalue weighted by atomic mass is 10.3. The third kappa shape index (κ3) is 2.00. The Morgan fingerprint density at radius 1 is 1.53 bits per heavy atom. The van der Waals surface area contributed by atoms with E-state index in [1.165, 1.54) is 0 Å². The molecule has 3 nitrogen and oxygen atoms in total. The van der Waals surface area contributed by atoms with Gasteiger partial charge in [0.1, 0.15) is 11.6 Å². The van der Waals surface area contributed by atoms with E-state index in [2.05, 4.69) is 32.8 Å². The van der Waals surface area contributed by atoms with E-state index in [-0.39, 0.29) is 4.83 Å². The van der Waals surface area contributed by atoms with Gasteiger partial charge < -0.3 is 9.72 Å². The van der Waals surface area contributed by atoms with Crippen molar-refractivity contribution in [2.75, 3.05) is 7.11 Å². The quantitative estimate of drug-likeness (QED) is 0.867. The van der Waals surface area contributed by atoms with Crippen molar-refractivity contribution in [3.8, 4) is 5.75 Å². The summed E-state index contributed by atoms with van der Waals surface area (Å²) in [6.45, 7) is 2.12. The third-order valence-corrected chi connectivity index (χ3v) is 3.44. The van der Waals surface area contributed by atoms with Crippen LogP contribution in [-0.4, -0.2) is 17.1 Å². The molecular weight excluding hydrogens is 256 g/mol. The Morgan fingerprint density at radius 3 is 3.00 bits per heavy atom. The van der Waals surface area contributed by atoms with Crippen molar-refractivity contribution in [1.82, 2.24) is 9.97 Å². The molecule has 0 fully saturated rings. The van der Waals surface area contributed by atoms with Crippen molar-refractivity contribution in [3.05, 3.63) is 24.0 Å². The van der Waals surface area contributed by atoms with Crippen LogP contribution in [0.15, 0.2) is 18.2 Å². The smallest absolute Gasteiger partial charge is 0.121 e. The molecule has 1 aromatic carbocycles. The summed E-state index contributed by atoms with van der Waals surface area (Å²) in [5.41, 5.74) is 1.99. The minimum Gasteiger partial charge on any atom is -0.497 e. The molecule has 0 spiro atoms. The maximum absolute atomic E-state index is 5.16. The number of nitrogens with one attached hydrogen (secondary N) is 1. The molecule has 1 N–H and O–H groups in total. The number of aromatic amines is 1. The van der Waals surface area contributed by atoms with Crippen LogP contribution >= 0.6 is 15.9 Å². The van der Waals surface area contributed by atoms with Crippen molar-refractivity contribution in [3.63, 3.8) is 0 Å². The van der Waals surface area contributed by atoms with Crippen molar-refractivity contribution in [1.29, 1.82) is 0 Å². The van der Waals surface area contributed by atoms with Gasteiger partial charge in [0.25, 0.3) is 0 Å². The van der Waals surface area contributed by atoms with Crippen LogP contribution < -0.4 is 4.74 Å². The molecule has 2 rings (SSSR count). The Morgan fingerprint density at radius 2 is 2.33 bits per heavy atom. The highest BCUT2D eigenvalue weighted by molar-refractivity contribution is 9.09. The van der Waals surface area contributed by atoms with E-state index in [4.69, 9.17) is 4.74 Å². The number of imidazole rings is 1. The zero-order valence-corrected chi connectivity index (χ0v) is 10.3. The molecule has 0 aliphatic heterocycles. The normalized spacial score (nSPS) is 13.0. The number of fused-ring (bicyclic) bond motifs is 1. The van der Waals surface area contributed by atoms with Gasteiger partial charge in [-0.3, -0.25) is 0 Å². The maximum Gasteiger partial charge on any atom is 0.121 e. The molecule has 4 heteroatoms. The summed E-state index contributed by atoms with van der Waals surface area (Å²) in [5.74, 6) is 1.82. The number of alkyl halides is 1. The second-order valence-electron chi connectivity index (χ2n) is 3.38. The average Bonchev–Trinajstić information content (AvgIpc) is 2.70. The van der Waals surface area contributed by atoms with Crippen molar-refractivity contribution in [2.45, 2.75) is 18.2 Å². The van der Waals surface area contributed by atoms with Gasteiger partial charge in [0.05, 0.1) is 23.0 Å². The van der Waals surface area contributed by atoms with Gasteiger partial charge >= 0.3 is 0 Å². The number of H-pyrrole nitrogens is 1. The van der Waals surface area contributed by atoms with Gasteiger partial charge in [-0.1, -0.05) is 22.9 Å². The molecule has 0 saturated heterocycles. The predicted molar refractivity (Wildman–Crippen MR) is 64.6 cm³/mol. The fourth-order valence-corrected chi connectivity index (χ4v) is 1.69. The van der Waals surface area contributed by atoms with E-state index in [0.29, 0.717) is 0 Å². The summed E-state index contributed by atoms with van der Waals surface area (Å²) >= 11 is 3.57. The first-order valence-corrected chi connectivity index (χ1v) is 5.84. The fraction of sp³-hybridized carbons (Fsp3) is 0.364. The summed E-state index contributed by atoms with van der Waals surface area (Å²) in [5, 5.41) is 0. The highest BCUT2D eigenvalue weighted by atomic mass is 79.9. The number of hydrogen-bond acceptors (Lipinski definition) is 2. The molecule has 0 aliphatic rings. The zero-order valence-electron chi connectivity index (χ0n) is 8.75. The predicted octanol–water partition coefficient (Wildman–Crippen LogP) is 3.42. The fourth-order valence-electron chi connectivity index (χ4n) is 1.48. The van der Waals surface area contributed by atoms with Gasteiger partial charge in [0.15, 0.2) is 0 Å². The molecule has 1 unspecified atom stereocenters. The molecule has 1 aromatic heterocycles. The Balaban J connectivity index is 2.46. The van der Waals surface area contributed by atoms with Crippen LogP contribution in [0.2, 0.25) is 0 Å². The lowest BCUT2D eigenvalue weighted by Gasteiger charge is -1.99. The zero-order chi connectivity index (χ0) is 10.8. The molecule has 0 saturated carbocycles. The second kappa shape index (κ2) is 4.23. The van der Waals surface area contributed by atoms with Crippen molar-refractivity contribution >= 4 is 27.0 Å². The minimum atomic E-state index is 0.288. The number of hydrogen-bond donors (Lipinski definition) is 1. The Hall–Kier alpha value is -1.03. The van der Waals surface area contributed by atoms with E-state index in [0.717, 1.165) is 29.0 Å². The molecule has 0 radical (unpaired) electrons. The molecule has 2 aromatic rings. The second-order valence-corrected chi connectivity index (χ2v) is 4.49. The van der Waals surface area contributed by atoms with Gasteiger partial charge in [-0.2, -0.15) is 0 Å². The maximum atomic E-state index is 5.16. The SMILES string of the molecule is CCC(Br)c1nc2ccc(OC)cc2[nH]1.